The number of rotatable bonds is 8. The third kappa shape index (κ3) is 4.89. The minimum absolute atomic E-state index is 0.0181. The fourth-order valence-corrected chi connectivity index (χ4v) is 5.03. The Morgan fingerprint density at radius 3 is 2.26 bits per heavy atom. The van der Waals surface area contributed by atoms with Crippen molar-refractivity contribution in [2.75, 3.05) is 26.3 Å². The van der Waals surface area contributed by atoms with Gasteiger partial charge in [0.2, 0.25) is 5.91 Å². The molecule has 186 valence electrons. The van der Waals surface area contributed by atoms with Crippen LogP contribution in [0.2, 0.25) is 0 Å². The van der Waals surface area contributed by atoms with E-state index in [9.17, 15) is 19.5 Å². The molecule has 0 bridgehead atoms. The van der Waals surface area contributed by atoms with Crippen LogP contribution in [-0.4, -0.2) is 65.9 Å². The van der Waals surface area contributed by atoms with E-state index in [0.29, 0.717) is 6.42 Å². The van der Waals surface area contributed by atoms with Crippen LogP contribution in [0.5, 0.6) is 0 Å². The number of nitrogens with zero attached hydrogens (tertiary/aromatic N) is 1. The predicted molar refractivity (Wildman–Crippen MR) is 130 cm³/mol. The number of hydrogen-bond acceptors (Lipinski definition) is 5. The van der Waals surface area contributed by atoms with Crippen LogP contribution in [0.1, 0.15) is 44.2 Å². The summed E-state index contributed by atoms with van der Waals surface area (Å²) in [6.07, 6.45) is -0.460. The lowest BCUT2D eigenvalue weighted by atomic mass is 9.97. The monoisotopic (exact) mass is 480 g/mol. The number of hydrogen-bond donors (Lipinski definition) is 2. The Kier molecular flexibility index (Phi) is 7.12. The number of carboxylic acids is 1. The Morgan fingerprint density at radius 1 is 1.09 bits per heavy atom. The maximum absolute atomic E-state index is 12.9. The molecule has 2 amide bonds. The SMILES string of the molecule is CCN(C(=O)[C@@H]1CO[C@H](CNC(=O)OCC2c3ccccc3-c3ccccc32)C1)C(C)(C)C(=O)O. The predicted octanol–water partition coefficient (Wildman–Crippen LogP) is 3.64. The van der Waals surface area contributed by atoms with Gasteiger partial charge < -0.3 is 24.8 Å². The second-order valence-corrected chi connectivity index (χ2v) is 9.54. The average Bonchev–Trinajstić information content (AvgIpc) is 3.44. The van der Waals surface area contributed by atoms with Gasteiger partial charge in [-0.2, -0.15) is 0 Å². The maximum Gasteiger partial charge on any atom is 0.407 e. The molecule has 0 aromatic heterocycles. The quantitative estimate of drug-likeness (QED) is 0.598. The van der Waals surface area contributed by atoms with E-state index in [4.69, 9.17) is 9.47 Å². The summed E-state index contributed by atoms with van der Waals surface area (Å²) in [6.45, 7) is 5.72. The molecule has 8 heteroatoms. The first kappa shape index (κ1) is 24.7. The first-order chi connectivity index (χ1) is 16.7. The molecule has 2 aromatic rings. The molecule has 2 atom stereocenters. The van der Waals surface area contributed by atoms with Crippen molar-refractivity contribution in [1.82, 2.24) is 10.2 Å². The number of nitrogens with one attached hydrogen (secondary N) is 1. The summed E-state index contributed by atoms with van der Waals surface area (Å²) in [7, 11) is 0. The third-order valence-corrected chi connectivity index (χ3v) is 7.03. The summed E-state index contributed by atoms with van der Waals surface area (Å²) in [5, 5.41) is 12.2. The van der Waals surface area contributed by atoms with E-state index >= 15 is 0 Å². The number of carboxylic acid groups (broad SMARTS) is 1. The lowest BCUT2D eigenvalue weighted by Crippen LogP contribution is -2.54. The zero-order valence-corrected chi connectivity index (χ0v) is 20.3. The molecule has 1 fully saturated rings. The van der Waals surface area contributed by atoms with Crippen molar-refractivity contribution >= 4 is 18.0 Å². The van der Waals surface area contributed by atoms with Gasteiger partial charge in [-0.3, -0.25) is 4.79 Å². The number of amides is 2. The van der Waals surface area contributed by atoms with Gasteiger partial charge in [-0.05, 0) is 49.4 Å². The molecule has 0 unspecified atom stereocenters. The van der Waals surface area contributed by atoms with Crippen molar-refractivity contribution in [1.29, 1.82) is 0 Å². The number of carbonyl (C=O) groups excluding carboxylic acids is 2. The second kappa shape index (κ2) is 10.1. The number of benzene rings is 2. The molecule has 1 aliphatic carbocycles. The summed E-state index contributed by atoms with van der Waals surface area (Å²) < 4.78 is 11.3. The minimum Gasteiger partial charge on any atom is -0.480 e. The molecular formula is C27H32N2O6. The van der Waals surface area contributed by atoms with Gasteiger partial charge in [0.15, 0.2) is 0 Å². The highest BCUT2D eigenvalue weighted by atomic mass is 16.5. The van der Waals surface area contributed by atoms with E-state index < -0.39 is 23.5 Å². The van der Waals surface area contributed by atoms with Crippen LogP contribution in [-0.2, 0) is 19.1 Å². The van der Waals surface area contributed by atoms with Crippen LogP contribution in [0.25, 0.3) is 11.1 Å². The molecule has 1 aliphatic heterocycles. The van der Waals surface area contributed by atoms with Crippen LogP contribution in [0.3, 0.4) is 0 Å². The molecule has 0 radical (unpaired) electrons. The van der Waals surface area contributed by atoms with Gasteiger partial charge in [0, 0.05) is 19.0 Å². The van der Waals surface area contributed by atoms with Gasteiger partial charge in [0.05, 0.1) is 18.6 Å². The Morgan fingerprint density at radius 2 is 1.69 bits per heavy atom. The topological polar surface area (TPSA) is 105 Å². The number of alkyl carbamates (subject to hydrolysis) is 1. The third-order valence-electron chi connectivity index (χ3n) is 7.03. The maximum atomic E-state index is 12.9. The second-order valence-electron chi connectivity index (χ2n) is 9.54. The van der Waals surface area contributed by atoms with Gasteiger partial charge >= 0.3 is 12.1 Å². The molecule has 1 saturated heterocycles. The van der Waals surface area contributed by atoms with Crippen molar-refractivity contribution in [3.05, 3.63) is 59.7 Å². The Balaban J connectivity index is 1.28. The normalized spacial score (nSPS) is 19.1. The van der Waals surface area contributed by atoms with E-state index in [1.807, 2.05) is 24.3 Å². The van der Waals surface area contributed by atoms with E-state index in [0.717, 1.165) is 11.1 Å². The van der Waals surface area contributed by atoms with Crippen molar-refractivity contribution in [3.63, 3.8) is 0 Å². The van der Waals surface area contributed by atoms with Gasteiger partial charge in [-0.1, -0.05) is 48.5 Å². The smallest absolute Gasteiger partial charge is 0.407 e. The van der Waals surface area contributed by atoms with Crippen LogP contribution >= 0.6 is 0 Å². The van der Waals surface area contributed by atoms with Crippen LogP contribution in [0, 0.1) is 5.92 Å². The largest absolute Gasteiger partial charge is 0.480 e. The Hall–Kier alpha value is -3.39. The van der Waals surface area contributed by atoms with Crippen LogP contribution in [0.15, 0.2) is 48.5 Å². The molecule has 35 heavy (non-hydrogen) atoms. The number of aliphatic carboxylic acids is 1. The van der Waals surface area contributed by atoms with Crippen molar-refractivity contribution < 1.29 is 29.0 Å². The summed E-state index contributed by atoms with van der Waals surface area (Å²) in [4.78, 5) is 38.3. The number of fused-ring (bicyclic) bond motifs is 3. The average molecular weight is 481 g/mol. The van der Waals surface area contributed by atoms with Crippen LogP contribution < -0.4 is 5.32 Å². The van der Waals surface area contributed by atoms with Gasteiger partial charge in [0.25, 0.3) is 0 Å². The number of likely N-dealkylation sites (N-methyl/N-ethyl adjacent to an activating group) is 1. The fourth-order valence-electron chi connectivity index (χ4n) is 5.03. The first-order valence-corrected chi connectivity index (χ1v) is 12.0. The summed E-state index contributed by atoms with van der Waals surface area (Å²) >= 11 is 0. The number of carbonyl (C=O) groups is 3. The fraction of sp³-hybridized carbons (Fsp3) is 0.444. The summed E-state index contributed by atoms with van der Waals surface area (Å²) in [6, 6.07) is 16.3. The van der Waals surface area contributed by atoms with Gasteiger partial charge in [-0.25, -0.2) is 9.59 Å². The molecule has 8 nitrogen and oxygen atoms in total. The van der Waals surface area contributed by atoms with Crippen molar-refractivity contribution in [2.45, 2.75) is 44.8 Å². The molecule has 1 heterocycles. The number of ether oxygens (including phenoxy) is 2. The van der Waals surface area contributed by atoms with Gasteiger partial charge in [0.1, 0.15) is 12.1 Å². The standard InChI is InChI=1S/C27H32N2O6/c1-4-29(27(2,3)25(31)32)24(30)17-13-18(34-15-17)14-28-26(33)35-16-23-21-11-7-5-9-19(21)20-10-6-8-12-22(20)23/h5-12,17-18,23H,4,13-16H2,1-3H3,(H,28,33)(H,31,32)/t17-,18-/m0/s1. The lowest BCUT2D eigenvalue weighted by molar-refractivity contribution is -0.158. The van der Waals surface area contributed by atoms with Crippen molar-refractivity contribution in [2.24, 2.45) is 5.92 Å². The molecule has 0 spiro atoms. The Bertz CT molecular complexity index is 1070. The van der Waals surface area contributed by atoms with Crippen LogP contribution in [0.4, 0.5) is 4.79 Å². The molecular weight excluding hydrogens is 448 g/mol. The molecule has 0 saturated carbocycles. The highest BCUT2D eigenvalue weighted by Gasteiger charge is 2.42. The highest BCUT2D eigenvalue weighted by molar-refractivity contribution is 5.87. The van der Waals surface area contributed by atoms with E-state index in [1.165, 1.54) is 29.9 Å². The molecule has 2 aromatic carbocycles. The molecule has 2 N–H and O–H groups in total. The first-order valence-electron chi connectivity index (χ1n) is 12.0. The van der Waals surface area contributed by atoms with E-state index in [2.05, 4.69) is 29.6 Å². The zero-order chi connectivity index (χ0) is 25.2. The highest BCUT2D eigenvalue weighted by Crippen LogP contribution is 2.44. The van der Waals surface area contributed by atoms with Crippen molar-refractivity contribution in [3.8, 4) is 11.1 Å². The lowest BCUT2D eigenvalue weighted by Gasteiger charge is -2.35. The van der Waals surface area contributed by atoms with E-state index in [1.54, 1.807) is 6.92 Å². The minimum atomic E-state index is -1.30. The van der Waals surface area contributed by atoms with E-state index in [-0.39, 0.29) is 44.2 Å². The molecule has 2 aliphatic rings. The Labute approximate surface area is 205 Å². The van der Waals surface area contributed by atoms with Gasteiger partial charge in [-0.15, -0.1) is 0 Å². The summed E-state index contributed by atoms with van der Waals surface area (Å²) in [5.41, 5.74) is 3.32. The zero-order valence-electron chi connectivity index (χ0n) is 20.3. The molecule has 4 rings (SSSR count). The summed E-state index contributed by atoms with van der Waals surface area (Å²) in [5.74, 6) is -1.76.